The Bertz CT molecular complexity index is 1800. The summed E-state index contributed by atoms with van der Waals surface area (Å²) in [5.74, 6) is -1.23. The molecule has 3 heterocycles. The topological polar surface area (TPSA) is 75.7 Å². The number of amides is 1. The zero-order valence-electron chi connectivity index (χ0n) is 23.7. The number of hydrogen-bond donors (Lipinski definition) is 1. The number of Topliss-reactive ketones (excluding diaryl/α,β-unsaturated/α-hetero) is 2. The molecule has 4 aromatic carbocycles. The van der Waals surface area contributed by atoms with Gasteiger partial charge in [0.25, 0.3) is 0 Å². The largest absolute Gasteiger partial charge is 0.491 e. The average molecular weight is 589 g/mol. The highest BCUT2D eigenvalue weighted by molar-refractivity contribution is 6.30. The van der Waals surface area contributed by atoms with Crippen LogP contribution >= 0.6 is 11.6 Å². The van der Waals surface area contributed by atoms with Crippen molar-refractivity contribution >= 4 is 40.8 Å². The molecule has 0 unspecified atom stereocenters. The lowest BCUT2D eigenvalue weighted by molar-refractivity contribution is -0.122. The number of fused-ring (bicyclic) bond motifs is 6. The third-order valence-corrected chi connectivity index (χ3v) is 9.01. The highest BCUT2D eigenvalue weighted by Crippen LogP contribution is 2.62. The van der Waals surface area contributed by atoms with Crippen LogP contribution in [-0.4, -0.2) is 34.5 Å². The maximum atomic E-state index is 14.9. The Labute approximate surface area is 254 Å². The molecule has 43 heavy (non-hydrogen) atoms. The van der Waals surface area contributed by atoms with Gasteiger partial charge in [0.2, 0.25) is 5.91 Å². The number of anilines is 1. The quantitative estimate of drug-likeness (QED) is 0.243. The van der Waals surface area contributed by atoms with Gasteiger partial charge < -0.3 is 15.0 Å². The van der Waals surface area contributed by atoms with Crippen LogP contribution in [0.25, 0.3) is 6.08 Å². The second-order valence-electron chi connectivity index (χ2n) is 11.5. The van der Waals surface area contributed by atoms with Crippen molar-refractivity contribution in [2.45, 2.75) is 37.5 Å². The minimum Gasteiger partial charge on any atom is -0.491 e. The number of nitrogens with one attached hydrogen (secondary N) is 1. The predicted molar refractivity (Wildman–Crippen MR) is 166 cm³/mol. The minimum atomic E-state index is -1.38. The van der Waals surface area contributed by atoms with Crippen molar-refractivity contribution in [2.24, 2.45) is 5.92 Å². The van der Waals surface area contributed by atoms with Gasteiger partial charge in [-0.1, -0.05) is 54.1 Å². The van der Waals surface area contributed by atoms with Crippen molar-refractivity contribution in [2.75, 3.05) is 5.32 Å². The van der Waals surface area contributed by atoms with E-state index in [2.05, 4.69) is 5.32 Å². The molecular formula is C36H29ClN2O4. The van der Waals surface area contributed by atoms with E-state index < -0.39 is 23.4 Å². The van der Waals surface area contributed by atoms with E-state index in [9.17, 15) is 14.4 Å². The first kappa shape index (κ1) is 27.2. The van der Waals surface area contributed by atoms with E-state index in [1.54, 1.807) is 48.5 Å². The van der Waals surface area contributed by atoms with Crippen LogP contribution in [-0.2, 0) is 10.2 Å². The molecule has 7 rings (SSSR count). The van der Waals surface area contributed by atoms with E-state index in [-0.39, 0.29) is 23.6 Å². The third kappa shape index (κ3) is 4.12. The van der Waals surface area contributed by atoms with Crippen LogP contribution in [0.4, 0.5) is 5.69 Å². The van der Waals surface area contributed by atoms with Crippen LogP contribution in [0.5, 0.6) is 5.75 Å². The van der Waals surface area contributed by atoms with Gasteiger partial charge in [-0.05, 0) is 91.2 Å². The molecule has 3 aliphatic rings. The number of nitrogens with zero attached hydrogens (tertiary/aromatic N) is 1. The number of carbonyl (C=O) groups is 3. The third-order valence-electron chi connectivity index (χ3n) is 8.76. The second kappa shape index (κ2) is 10.2. The van der Waals surface area contributed by atoms with Crippen LogP contribution in [0, 0.1) is 5.92 Å². The Balaban J connectivity index is 1.48. The van der Waals surface area contributed by atoms with E-state index in [1.807, 2.05) is 79.6 Å². The Morgan fingerprint density at radius 3 is 2.26 bits per heavy atom. The summed E-state index contributed by atoms with van der Waals surface area (Å²) >= 11 is 6.17. The SMILES string of the molecule is CC(C)Oc1ccc(C(=O)[C@@H]2[C@H](C(=O)c3ccc(Cl)cc3)N3C=Cc4ccccc4[C@H]3[C@]23C(=O)Nc2ccccc23)cc1. The van der Waals surface area contributed by atoms with E-state index >= 15 is 0 Å². The van der Waals surface area contributed by atoms with Crippen LogP contribution in [0.15, 0.2) is 103 Å². The van der Waals surface area contributed by atoms with Crippen molar-refractivity contribution < 1.29 is 19.1 Å². The molecule has 1 amide bonds. The van der Waals surface area contributed by atoms with Crippen LogP contribution < -0.4 is 10.1 Å². The van der Waals surface area contributed by atoms with Gasteiger partial charge >= 0.3 is 0 Å². The van der Waals surface area contributed by atoms with Gasteiger partial charge in [0.15, 0.2) is 11.6 Å². The molecule has 4 aromatic rings. The number of carbonyl (C=O) groups excluding carboxylic acids is 3. The molecule has 1 spiro atoms. The normalized spacial score (nSPS) is 23.1. The second-order valence-corrected chi connectivity index (χ2v) is 11.9. The first-order valence-corrected chi connectivity index (χ1v) is 14.7. The molecular weight excluding hydrogens is 560 g/mol. The van der Waals surface area contributed by atoms with Crippen LogP contribution in [0.1, 0.15) is 57.3 Å². The van der Waals surface area contributed by atoms with Gasteiger partial charge in [0, 0.05) is 28.0 Å². The molecule has 7 heteroatoms. The summed E-state index contributed by atoms with van der Waals surface area (Å²) in [6.45, 7) is 3.87. The molecule has 3 aliphatic heterocycles. The summed E-state index contributed by atoms with van der Waals surface area (Å²) in [6, 6.07) is 27.4. The Morgan fingerprint density at radius 1 is 0.860 bits per heavy atom. The van der Waals surface area contributed by atoms with E-state index in [1.165, 1.54) is 0 Å². The number of ether oxygens (including phenoxy) is 1. The molecule has 1 fully saturated rings. The van der Waals surface area contributed by atoms with Crippen molar-refractivity contribution in [3.63, 3.8) is 0 Å². The fraction of sp³-hybridized carbons (Fsp3) is 0.194. The lowest BCUT2D eigenvalue weighted by atomic mass is 9.62. The number of ketones is 2. The zero-order chi connectivity index (χ0) is 29.9. The van der Waals surface area contributed by atoms with Gasteiger partial charge in [-0.15, -0.1) is 0 Å². The Kier molecular flexibility index (Phi) is 6.47. The first-order chi connectivity index (χ1) is 20.8. The average Bonchev–Trinajstić information content (AvgIpc) is 3.49. The Morgan fingerprint density at radius 2 is 1.51 bits per heavy atom. The monoisotopic (exact) mass is 588 g/mol. The summed E-state index contributed by atoms with van der Waals surface area (Å²) < 4.78 is 5.82. The number of benzene rings is 4. The zero-order valence-corrected chi connectivity index (χ0v) is 24.4. The molecule has 0 bridgehead atoms. The molecule has 6 nitrogen and oxygen atoms in total. The number of para-hydroxylation sites is 1. The molecule has 0 aliphatic carbocycles. The predicted octanol–water partition coefficient (Wildman–Crippen LogP) is 7.11. The summed E-state index contributed by atoms with van der Waals surface area (Å²) in [5.41, 5.74) is 2.64. The van der Waals surface area contributed by atoms with Crippen molar-refractivity contribution in [3.05, 3.63) is 136 Å². The van der Waals surface area contributed by atoms with E-state index in [4.69, 9.17) is 16.3 Å². The van der Waals surface area contributed by atoms with Crippen molar-refractivity contribution in [1.82, 2.24) is 4.90 Å². The smallest absolute Gasteiger partial charge is 0.238 e. The summed E-state index contributed by atoms with van der Waals surface area (Å²) in [6.07, 6.45) is 3.79. The van der Waals surface area contributed by atoms with Gasteiger partial charge in [0.05, 0.1) is 18.1 Å². The van der Waals surface area contributed by atoms with Gasteiger partial charge in [-0.2, -0.15) is 0 Å². The molecule has 1 saturated heterocycles. The van der Waals surface area contributed by atoms with E-state index in [0.29, 0.717) is 33.1 Å². The summed E-state index contributed by atoms with van der Waals surface area (Å²) in [7, 11) is 0. The van der Waals surface area contributed by atoms with Crippen molar-refractivity contribution in [1.29, 1.82) is 0 Å². The summed E-state index contributed by atoms with van der Waals surface area (Å²) in [4.78, 5) is 45.9. The summed E-state index contributed by atoms with van der Waals surface area (Å²) in [5, 5.41) is 3.58. The maximum absolute atomic E-state index is 14.9. The number of halogens is 1. The highest BCUT2D eigenvalue weighted by Gasteiger charge is 2.70. The standard InChI is InChI=1S/C36H29ClN2O4/c1-21(2)43-26-17-13-23(14-18-26)32(40)30-31(33(41)24-11-15-25(37)16-12-24)39-20-19-22-7-3-4-8-27(22)34(39)36(30)28-9-5-6-10-29(28)38-35(36)42/h3-21,30-31,34H,1-2H3,(H,38,42)/t30-,31+,34-,36+/m0/s1. The fourth-order valence-electron chi connectivity index (χ4n) is 7.10. The molecule has 0 radical (unpaired) electrons. The van der Waals surface area contributed by atoms with Crippen LogP contribution in [0.3, 0.4) is 0 Å². The maximum Gasteiger partial charge on any atom is 0.238 e. The molecule has 0 aromatic heterocycles. The van der Waals surface area contributed by atoms with Gasteiger partial charge in [-0.25, -0.2) is 0 Å². The number of hydrogen-bond acceptors (Lipinski definition) is 5. The minimum absolute atomic E-state index is 0.0255. The fourth-order valence-corrected chi connectivity index (χ4v) is 7.23. The van der Waals surface area contributed by atoms with E-state index in [0.717, 1.165) is 11.1 Å². The van der Waals surface area contributed by atoms with Crippen LogP contribution in [0.2, 0.25) is 5.02 Å². The van der Waals surface area contributed by atoms with Gasteiger partial charge in [0.1, 0.15) is 17.2 Å². The molecule has 0 saturated carbocycles. The lowest BCUT2D eigenvalue weighted by Gasteiger charge is -2.38. The molecule has 214 valence electrons. The number of rotatable bonds is 6. The van der Waals surface area contributed by atoms with Crippen molar-refractivity contribution in [3.8, 4) is 5.75 Å². The lowest BCUT2D eigenvalue weighted by Crippen LogP contribution is -2.49. The first-order valence-electron chi connectivity index (χ1n) is 14.4. The highest BCUT2D eigenvalue weighted by atomic mass is 35.5. The van der Waals surface area contributed by atoms with Gasteiger partial charge in [-0.3, -0.25) is 14.4 Å². The molecule has 1 N–H and O–H groups in total. The molecule has 4 atom stereocenters. The Hall–Kier alpha value is -4.68.